The van der Waals surface area contributed by atoms with E-state index in [-0.39, 0.29) is 0 Å². The zero-order chi connectivity index (χ0) is 14.9. The second-order valence-electron chi connectivity index (χ2n) is 5.62. The third-order valence-corrected chi connectivity index (χ3v) is 5.34. The summed E-state index contributed by atoms with van der Waals surface area (Å²) in [7, 11) is 0. The summed E-state index contributed by atoms with van der Waals surface area (Å²) in [4.78, 5) is 0.145. The molecule has 1 aliphatic carbocycles. The highest BCUT2D eigenvalue weighted by Crippen LogP contribution is 2.39. The van der Waals surface area contributed by atoms with Gasteiger partial charge in [-0.1, -0.05) is 43.5 Å². The third kappa shape index (κ3) is 3.31. The first kappa shape index (κ1) is 14.6. The second kappa shape index (κ2) is 5.84. The average Bonchev–Trinajstić information content (AvgIpc) is 2.98. The number of hydrogen-bond acceptors (Lipinski definition) is 1. The Morgan fingerprint density at radius 3 is 2.10 bits per heavy atom. The molecule has 0 amide bonds. The predicted octanol–water partition coefficient (Wildman–Crippen LogP) is 6.48. The lowest BCUT2D eigenvalue weighted by Crippen LogP contribution is -2.04. The van der Waals surface area contributed by atoms with Crippen molar-refractivity contribution in [3.63, 3.8) is 0 Å². The molecule has 1 fully saturated rings. The van der Waals surface area contributed by atoms with E-state index in [1.165, 1.54) is 37.7 Å². The summed E-state index contributed by atoms with van der Waals surface area (Å²) in [6, 6.07) is 10.8. The Hall–Kier alpha value is -1.29. The number of halogens is 3. The van der Waals surface area contributed by atoms with Crippen LogP contribution in [0.4, 0.5) is 13.2 Å². The van der Waals surface area contributed by atoms with E-state index in [4.69, 9.17) is 0 Å². The van der Waals surface area contributed by atoms with E-state index in [2.05, 4.69) is 12.1 Å². The fraction of sp³-hybridized carbons (Fsp3) is 0.412. The van der Waals surface area contributed by atoms with Crippen LogP contribution in [-0.4, -0.2) is 0 Å². The van der Waals surface area contributed by atoms with E-state index in [1.54, 1.807) is 6.07 Å². The molecule has 0 atom stereocenters. The van der Waals surface area contributed by atoms with E-state index in [9.17, 15) is 13.2 Å². The first-order chi connectivity index (χ1) is 10.0. The van der Waals surface area contributed by atoms with E-state index >= 15 is 0 Å². The van der Waals surface area contributed by atoms with Gasteiger partial charge in [0.2, 0.25) is 0 Å². The van der Waals surface area contributed by atoms with Gasteiger partial charge in [-0.2, -0.15) is 13.2 Å². The molecular formula is C17H17F3S. The van der Waals surface area contributed by atoms with Gasteiger partial charge in [-0.15, -0.1) is 11.3 Å². The monoisotopic (exact) mass is 310 g/mol. The number of thiophene rings is 1. The van der Waals surface area contributed by atoms with Crippen molar-refractivity contribution in [1.29, 1.82) is 0 Å². The molecule has 112 valence electrons. The van der Waals surface area contributed by atoms with Crippen LogP contribution < -0.4 is 0 Å². The topological polar surface area (TPSA) is 0 Å². The van der Waals surface area contributed by atoms with Gasteiger partial charge >= 0.3 is 6.18 Å². The number of benzene rings is 1. The molecule has 0 nitrogen and oxygen atoms in total. The summed E-state index contributed by atoms with van der Waals surface area (Å²) in [5.74, 6) is 0.627. The van der Waals surface area contributed by atoms with Crippen LogP contribution in [0.5, 0.6) is 0 Å². The molecule has 3 rings (SSSR count). The highest BCUT2D eigenvalue weighted by atomic mass is 32.1. The van der Waals surface area contributed by atoms with Crippen molar-refractivity contribution in [2.75, 3.05) is 0 Å². The molecule has 4 heteroatoms. The van der Waals surface area contributed by atoms with Crippen molar-refractivity contribution >= 4 is 11.3 Å². The fourth-order valence-electron chi connectivity index (χ4n) is 3.00. The molecule has 1 heterocycles. The largest absolute Gasteiger partial charge is 0.425 e. The van der Waals surface area contributed by atoms with E-state index in [0.29, 0.717) is 10.8 Å². The van der Waals surface area contributed by atoms with Gasteiger partial charge in [0.15, 0.2) is 0 Å². The quantitative estimate of drug-likeness (QED) is 0.595. The molecule has 1 aliphatic rings. The van der Waals surface area contributed by atoms with Crippen molar-refractivity contribution < 1.29 is 13.2 Å². The van der Waals surface area contributed by atoms with Crippen molar-refractivity contribution in [1.82, 2.24) is 0 Å². The molecule has 0 saturated heterocycles. The molecule has 0 radical (unpaired) electrons. The van der Waals surface area contributed by atoms with Gasteiger partial charge in [0.25, 0.3) is 0 Å². The molecule has 1 saturated carbocycles. The van der Waals surface area contributed by atoms with Gasteiger partial charge in [0, 0.05) is 4.88 Å². The third-order valence-electron chi connectivity index (χ3n) is 4.16. The minimum absolute atomic E-state index is 0.533. The molecule has 0 N–H and O–H groups in total. The minimum Gasteiger partial charge on any atom is -0.165 e. The van der Waals surface area contributed by atoms with E-state index < -0.39 is 11.1 Å². The summed E-state index contributed by atoms with van der Waals surface area (Å²) < 4.78 is 37.9. The standard InChI is InChI=1S/C17H17F3S/c18-17(19,20)16-11-10-15(21-16)14-8-6-13(7-9-14)12-4-2-1-3-5-12/h6-12H,1-5H2. The van der Waals surface area contributed by atoms with Gasteiger partial charge in [0.05, 0.1) is 0 Å². The summed E-state index contributed by atoms with van der Waals surface area (Å²) in [6.07, 6.45) is 2.11. The maximum atomic E-state index is 12.6. The molecule has 1 aromatic carbocycles. The van der Waals surface area contributed by atoms with Crippen LogP contribution in [0.3, 0.4) is 0 Å². The minimum atomic E-state index is -4.25. The highest BCUT2D eigenvalue weighted by Gasteiger charge is 2.32. The molecule has 21 heavy (non-hydrogen) atoms. The fourth-order valence-corrected chi connectivity index (χ4v) is 3.88. The van der Waals surface area contributed by atoms with Gasteiger partial charge < -0.3 is 0 Å². The van der Waals surface area contributed by atoms with Crippen LogP contribution in [0.15, 0.2) is 36.4 Å². The Labute approximate surface area is 126 Å². The van der Waals surface area contributed by atoms with Crippen LogP contribution in [0.25, 0.3) is 10.4 Å². The van der Waals surface area contributed by atoms with Gasteiger partial charge in [-0.05, 0) is 42.0 Å². The van der Waals surface area contributed by atoms with E-state index in [1.807, 2.05) is 12.1 Å². The lowest BCUT2D eigenvalue weighted by Gasteiger charge is -2.22. The number of rotatable bonds is 2. The van der Waals surface area contributed by atoms with Crippen molar-refractivity contribution in [3.05, 3.63) is 46.8 Å². The van der Waals surface area contributed by atoms with E-state index in [0.717, 1.165) is 23.0 Å². The van der Waals surface area contributed by atoms with Gasteiger partial charge in [0.1, 0.15) is 4.88 Å². The lowest BCUT2D eigenvalue weighted by molar-refractivity contribution is -0.134. The molecule has 1 aromatic heterocycles. The summed E-state index contributed by atoms with van der Waals surface area (Å²) >= 11 is 0.809. The van der Waals surface area contributed by atoms with Crippen LogP contribution in [-0.2, 0) is 6.18 Å². The maximum Gasteiger partial charge on any atom is 0.425 e. The van der Waals surface area contributed by atoms with Crippen molar-refractivity contribution in [2.45, 2.75) is 44.2 Å². The Morgan fingerprint density at radius 2 is 1.52 bits per heavy atom. The number of alkyl halides is 3. The highest BCUT2D eigenvalue weighted by molar-refractivity contribution is 7.15. The number of hydrogen-bond donors (Lipinski definition) is 0. The van der Waals surface area contributed by atoms with Crippen molar-refractivity contribution in [3.8, 4) is 10.4 Å². The molecule has 2 aromatic rings. The zero-order valence-electron chi connectivity index (χ0n) is 11.6. The molecular weight excluding hydrogens is 293 g/mol. The average molecular weight is 310 g/mol. The molecule has 0 bridgehead atoms. The van der Waals surface area contributed by atoms with Crippen LogP contribution >= 0.6 is 11.3 Å². The predicted molar refractivity (Wildman–Crippen MR) is 80.6 cm³/mol. The molecule has 0 aliphatic heterocycles. The Balaban J connectivity index is 1.79. The summed E-state index contributed by atoms with van der Waals surface area (Å²) in [6.45, 7) is 0. The van der Waals surface area contributed by atoms with Gasteiger partial charge in [-0.3, -0.25) is 0 Å². The molecule has 0 unspecified atom stereocenters. The maximum absolute atomic E-state index is 12.6. The smallest absolute Gasteiger partial charge is 0.165 e. The SMILES string of the molecule is FC(F)(F)c1ccc(-c2ccc(C3CCCCC3)cc2)s1. The normalized spacial score (nSPS) is 17.1. The Bertz CT molecular complexity index is 589. The second-order valence-corrected chi connectivity index (χ2v) is 6.70. The Kier molecular flexibility index (Phi) is 4.07. The molecule has 0 spiro atoms. The summed E-state index contributed by atoms with van der Waals surface area (Å²) in [5, 5.41) is 0. The van der Waals surface area contributed by atoms with Crippen molar-refractivity contribution in [2.24, 2.45) is 0 Å². The first-order valence-electron chi connectivity index (χ1n) is 7.31. The van der Waals surface area contributed by atoms with Crippen LogP contribution in [0, 0.1) is 0 Å². The summed E-state index contributed by atoms with van der Waals surface area (Å²) in [5.41, 5.74) is 2.20. The lowest BCUT2D eigenvalue weighted by atomic mass is 9.84. The van der Waals surface area contributed by atoms with Gasteiger partial charge in [-0.25, -0.2) is 0 Å². The van der Waals surface area contributed by atoms with Crippen LogP contribution in [0.2, 0.25) is 0 Å². The Morgan fingerprint density at radius 1 is 0.857 bits per heavy atom. The van der Waals surface area contributed by atoms with Crippen LogP contribution in [0.1, 0.15) is 48.5 Å². The first-order valence-corrected chi connectivity index (χ1v) is 8.13. The zero-order valence-corrected chi connectivity index (χ0v) is 12.4.